The molecule has 0 saturated carbocycles. The average molecular weight is 246 g/mol. The van der Waals surface area contributed by atoms with E-state index in [1.54, 1.807) is 0 Å². The van der Waals surface area contributed by atoms with Crippen LogP contribution in [0.4, 0.5) is 0 Å². The number of carbonyl (C=O) groups is 1. The van der Waals surface area contributed by atoms with Crippen molar-refractivity contribution in [3.8, 4) is 5.75 Å². The predicted molar refractivity (Wildman–Crippen MR) is 68.4 cm³/mol. The number of nitrogens with two attached hydrogens (primary N) is 1. The van der Waals surface area contributed by atoms with Crippen molar-refractivity contribution < 1.29 is 9.53 Å². The molecule has 0 unspecified atom stereocenters. The summed E-state index contributed by atoms with van der Waals surface area (Å²) in [4.78, 5) is 12.6. The zero-order valence-corrected chi connectivity index (χ0v) is 10.4. The van der Waals surface area contributed by atoms with Crippen LogP contribution in [0.3, 0.4) is 0 Å². The van der Waals surface area contributed by atoms with Crippen LogP contribution in [0.2, 0.25) is 0 Å². The minimum atomic E-state index is 0.0972. The van der Waals surface area contributed by atoms with Gasteiger partial charge in [-0.15, -0.1) is 0 Å². The Kier molecular flexibility index (Phi) is 2.74. The van der Waals surface area contributed by atoms with E-state index in [-0.39, 0.29) is 5.41 Å². The van der Waals surface area contributed by atoms with Gasteiger partial charge in [-0.25, -0.2) is 0 Å². The molecule has 1 spiro atoms. The third-order valence-electron chi connectivity index (χ3n) is 4.26. The molecule has 96 valence electrons. The molecule has 4 nitrogen and oxygen atoms in total. The van der Waals surface area contributed by atoms with Crippen LogP contribution in [-0.4, -0.2) is 31.0 Å². The summed E-state index contributed by atoms with van der Waals surface area (Å²) in [5.74, 6) is 0.992. The van der Waals surface area contributed by atoms with Gasteiger partial charge in [0.1, 0.15) is 5.75 Å². The number of hydrogen-bond acceptors (Lipinski definition) is 3. The topological polar surface area (TPSA) is 55.6 Å². The third-order valence-corrected chi connectivity index (χ3v) is 4.26. The van der Waals surface area contributed by atoms with Crippen molar-refractivity contribution in [2.75, 3.05) is 19.7 Å². The van der Waals surface area contributed by atoms with E-state index in [1.165, 1.54) is 5.56 Å². The van der Waals surface area contributed by atoms with E-state index in [0.717, 1.165) is 50.3 Å². The Morgan fingerprint density at radius 3 is 2.83 bits per heavy atom. The SMILES string of the molecule is NCc1ccc2c(c1)C1(CCN(C=O)CC1)CO2. The van der Waals surface area contributed by atoms with Crippen molar-refractivity contribution in [3.05, 3.63) is 29.3 Å². The molecular weight excluding hydrogens is 228 g/mol. The Morgan fingerprint density at radius 2 is 2.17 bits per heavy atom. The average Bonchev–Trinajstić information content (AvgIpc) is 2.78. The molecule has 18 heavy (non-hydrogen) atoms. The van der Waals surface area contributed by atoms with Gasteiger partial charge in [-0.1, -0.05) is 12.1 Å². The summed E-state index contributed by atoms with van der Waals surface area (Å²) >= 11 is 0. The molecule has 2 N–H and O–H groups in total. The molecule has 1 aromatic carbocycles. The van der Waals surface area contributed by atoms with Crippen LogP contribution in [0.1, 0.15) is 24.0 Å². The van der Waals surface area contributed by atoms with Gasteiger partial charge < -0.3 is 15.4 Å². The smallest absolute Gasteiger partial charge is 0.209 e. The van der Waals surface area contributed by atoms with Crippen LogP contribution < -0.4 is 10.5 Å². The number of ether oxygens (including phenoxy) is 1. The largest absolute Gasteiger partial charge is 0.492 e. The molecule has 0 aliphatic carbocycles. The fourth-order valence-corrected chi connectivity index (χ4v) is 3.01. The molecule has 0 aromatic heterocycles. The van der Waals surface area contributed by atoms with Crippen LogP contribution in [0, 0.1) is 0 Å². The number of likely N-dealkylation sites (tertiary alicyclic amines) is 1. The van der Waals surface area contributed by atoms with Crippen LogP contribution in [0.15, 0.2) is 18.2 Å². The number of amides is 1. The first kappa shape index (κ1) is 11.5. The van der Waals surface area contributed by atoms with E-state index < -0.39 is 0 Å². The van der Waals surface area contributed by atoms with Crippen molar-refractivity contribution >= 4 is 6.41 Å². The lowest BCUT2D eigenvalue weighted by Gasteiger charge is -2.36. The van der Waals surface area contributed by atoms with Gasteiger partial charge in [-0.3, -0.25) is 4.79 Å². The zero-order chi connectivity index (χ0) is 12.6. The first-order valence-corrected chi connectivity index (χ1v) is 6.43. The van der Waals surface area contributed by atoms with Gasteiger partial charge in [0.25, 0.3) is 0 Å². The lowest BCUT2D eigenvalue weighted by Crippen LogP contribution is -2.43. The summed E-state index contributed by atoms with van der Waals surface area (Å²) in [5.41, 5.74) is 8.24. The molecule has 1 fully saturated rings. The molecule has 3 rings (SSSR count). The Hall–Kier alpha value is -1.55. The van der Waals surface area contributed by atoms with Crippen molar-refractivity contribution in [2.45, 2.75) is 24.8 Å². The highest BCUT2D eigenvalue weighted by Crippen LogP contribution is 2.45. The van der Waals surface area contributed by atoms with Crippen molar-refractivity contribution in [3.63, 3.8) is 0 Å². The van der Waals surface area contributed by atoms with Gasteiger partial charge in [0.15, 0.2) is 0 Å². The van der Waals surface area contributed by atoms with Crippen LogP contribution in [0.25, 0.3) is 0 Å². The Morgan fingerprint density at radius 1 is 1.39 bits per heavy atom. The number of nitrogens with zero attached hydrogens (tertiary/aromatic N) is 1. The van der Waals surface area contributed by atoms with E-state index in [1.807, 2.05) is 17.0 Å². The molecular formula is C14H18N2O2. The maximum Gasteiger partial charge on any atom is 0.209 e. The highest BCUT2D eigenvalue weighted by Gasteiger charge is 2.42. The highest BCUT2D eigenvalue weighted by molar-refractivity contribution is 5.50. The third kappa shape index (κ3) is 1.68. The number of benzene rings is 1. The van der Waals surface area contributed by atoms with Gasteiger partial charge >= 0.3 is 0 Å². The fourth-order valence-electron chi connectivity index (χ4n) is 3.01. The number of carbonyl (C=O) groups excluding carboxylic acids is 1. The minimum Gasteiger partial charge on any atom is -0.492 e. The minimum absolute atomic E-state index is 0.0972. The summed E-state index contributed by atoms with van der Waals surface area (Å²) in [6.45, 7) is 2.94. The lowest BCUT2D eigenvalue weighted by atomic mass is 9.74. The fraction of sp³-hybridized carbons (Fsp3) is 0.500. The normalized spacial score (nSPS) is 20.6. The molecule has 1 amide bonds. The monoisotopic (exact) mass is 246 g/mol. The van der Waals surface area contributed by atoms with E-state index in [4.69, 9.17) is 10.5 Å². The van der Waals surface area contributed by atoms with E-state index in [9.17, 15) is 4.79 Å². The summed E-state index contributed by atoms with van der Waals surface area (Å²) in [5, 5.41) is 0. The second kappa shape index (κ2) is 4.28. The summed E-state index contributed by atoms with van der Waals surface area (Å²) in [6.07, 6.45) is 2.90. The molecule has 2 aliphatic heterocycles. The van der Waals surface area contributed by atoms with E-state index in [2.05, 4.69) is 6.07 Å². The van der Waals surface area contributed by atoms with E-state index >= 15 is 0 Å². The summed E-state index contributed by atoms with van der Waals surface area (Å²) < 4.78 is 5.81. The molecule has 2 aliphatic rings. The second-order valence-electron chi connectivity index (χ2n) is 5.25. The van der Waals surface area contributed by atoms with Gasteiger partial charge in [0.2, 0.25) is 6.41 Å². The molecule has 4 heteroatoms. The van der Waals surface area contributed by atoms with Gasteiger partial charge in [-0.05, 0) is 24.5 Å². The molecule has 0 bridgehead atoms. The number of hydrogen-bond donors (Lipinski definition) is 1. The van der Waals surface area contributed by atoms with Crippen molar-refractivity contribution in [1.82, 2.24) is 4.90 Å². The highest BCUT2D eigenvalue weighted by atomic mass is 16.5. The number of fused-ring (bicyclic) bond motifs is 2. The van der Waals surface area contributed by atoms with Gasteiger partial charge in [-0.2, -0.15) is 0 Å². The quantitative estimate of drug-likeness (QED) is 0.793. The Balaban J connectivity index is 1.91. The van der Waals surface area contributed by atoms with E-state index in [0.29, 0.717) is 6.54 Å². The zero-order valence-electron chi connectivity index (χ0n) is 10.4. The molecule has 1 saturated heterocycles. The maximum atomic E-state index is 10.8. The van der Waals surface area contributed by atoms with Crippen molar-refractivity contribution in [2.24, 2.45) is 5.73 Å². The Bertz CT molecular complexity index is 465. The first-order valence-electron chi connectivity index (χ1n) is 6.43. The van der Waals surface area contributed by atoms with Crippen LogP contribution in [-0.2, 0) is 16.8 Å². The summed E-state index contributed by atoms with van der Waals surface area (Å²) in [7, 11) is 0. The predicted octanol–water partition coefficient (Wildman–Crippen LogP) is 1.03. The molecule has 1 aromatic rings. The van der Waals surface area contributed by atoms with Crippen LogP contribution in [0.5, 0.6) is 5.75 Å². The maximum absolute atomic E-state index is 10.8. The molecule has 0 atom stereocenters. The van der Waals surface area contributed by atoms with Crippen LogP contribution >= 0.6 is 0 Å². The second-order valence-corrected chi connectivity index (χ2v) is 5.25. The van der Waals surface area contributed by atoms with Gasteiger partial charge in [0, 0.05) is 30.6 Å². The lowest BCUT2D eigenvalue weighted by molar-refractivity contribution is -0.119. The summed E-state index contributed by atoms with van der Waals surface area (Å²) in [6, 6.07) is 6.23. The van der Waals surface area contributed by atoms with Crippen molar-refractivity contribution in [1.29, 1.82) is 0 Å². The van der Waals surface area contributed by atoms with Gasteiger partial charge in [0.05, 0.1) is 6.61 Å². The first-order chi connectivity index (χ1) is 8.77. The Labute approximate surface area is 107 Å². The number of piperidine rings is 1. The number of rotatable bonds is 2. The molecule has 2 heterocycles. The molecule has 0 radical (unpaired) electrons. The standard InChI is InChI=1S/C14H18N2O2/c15-8-11-1-2-13-12(7-11)14(9-18-13)3-5-16(10-17)6-4-14/h1-2,7,10H,3-6,8-9,15H2.